The molecule has 1 aliphatic rings. The molecule has 5 heteroatoms. The van der Waals surface area contributed by atoms with Gasteiger partial charge in [-0.2, -0.15) is 0 Å². The van der Waals surface area contributed by atoms with E-state index in [-0.39, 0.29) is 28.8 Å². The van der Waals surface area contributed by atoms with E-state index in [9.17, 15) is 4.79 Å². The Labute approximate surface area is 201 Å². The van der Waals surface area contributed by atoms with E-state index in [0.29, 0.717) is 6.04 Å². The third-order valence-electron chi connectivity index (χ3n) is 7.15. The van der Waals surface area contributed by atoms with Crippen LogP contribution < -0.4 is 27.3 Å². The Balaban J connectivity index is 0.00000289. The summed E-state index contributed by atoms with van der Waals surface area (Å²) in [4.78, 5) is 13.3. The van der Waals surface area contributed by atoms with E-state index in [0.717, 1.165) is 30.4 Å². The molecule has 2 atom stereocenters. The molecule has 0 bridgehead atoms. The number of hydrogen-bond acceptors (Lipinski definition) is 1. The average Bonchev–Trinajstić information content (AvgIpc) is 3.42. The van der Waals surface area contributed by atoms with Gasteiger partial charge in [0.05, 0.1) is 0 Å². The molecule has 0 unspecified atom stereocenters. The Kier molecular flexibility index (Phi) is 7.40. The fourth-order valence-corrected chi connectivity index (χ4v) is 5.51. The van der Waals surface area contributed by atoms with Crippen LogP contribution in [0.1, 0.15) is 56.1 Å². The largest absolute Gasteiger partial charge is 1.00 e. The number of imidazole rings is 1. The van der Waals surface area contributed by atoms with Gasteiger partial charge in [0.1, 0.15) is 29.5 Å². The third kappa shape index (κ3) is 3.95. The van der Waals surface area contributed by atoms with E-state index < -0.39 is 5.41 Å². The molecule has 168 valence electrons. The second kappa shape index (κ2) is 9.86. The second-order valence-electron chi connectivity index (χ2n) is 8.62. The van der Waals surface area contributed by atoms with Gasteiger partial charge in [0, 0.05) is 6.92 Å². The van der Waals surface area contributed by atoms with Crippen molar-refractivity contribution in [3.05, 3.63) is 96.1 Å². The maximum Gasteiger partial charge on any atom is 0.258 e. The molecule has 32 heavy (non-hydrogen) atoms. The van der Waals surface area contributed by atoms with Crippen molar-refractivity contribution in [2.24, 2.45) is 11.7 Å². The summed E-state index contributed by atoms with van der Waals surface area (Å²) in [7, 11) is 0. The molecule has 0 radical (unpaired) electrons. The van der Waals surface area contributed by atoms with Crippen LogP contribution in [0, 0.1) is 12.8 Å². The van der Waals surface area contributed by atoms with Gasteiger partial charge in [-0.3, -0.25) is 4.79 Å². The number of primary amides is 1. The van der Waals surface area contributed by atoms with Gasteiger partial charge in [0.25, 0.3) is 5.82 Å². The first-order valence-corrected chi connectivity index (χ1v) is 11.1. The number of hydrogen-bond donors (Lipinski definition) is 1. The van der Waals surface area contributed by atoms with Crippen molar-refractivity contribution >= 4 is 11.6 Å². The molecule has 0 aliphatic heterocycles. The lowest BCUT2D eigenvalue weighted by Gasteiger charge is -2.37. The first kappa shape index (κ1) is 24.0. The molecule has 4 rings (SSSR count). The number of halogens is 1. The van der Waals surface area contributed by atoms with E-state index in [1.807, 2.05) is 36.4 Å². The zero-order valence-electron chi connectivity index (χ0n) is 19.0. The zero-order valence-corrected chi connectivity index (χ0v) is 20.6. The van der Waals surface area contributed by atoms with Crippen LogP contribution >= 0.6 is 0 Å². The van der Waals surface area contributed by atoms with Crippen molar-refractivity contribution in [3.63, 3.8) is 0 Å². The van der Waals surface area contributed by atoms with Gasteiger partial charge in [-0.05, 0) is 56.2 Å². The van der Waals surface area contributed by atoms with E-state index in [2.05, 4.69) is 72.6 Å². The minimum Gasteiger partial charge on any atom is -1.00 e. The maximum absolute atomic E-state index is 13.3. The van der Waals surface area contributed by atoms with Crippen molar-refractivity contribution in [2.45, 2.75) is 51.5 Å². The van der Waals surface area contributed by atoms with Crippen molar-refractivity contribution < 1.29 is 26.3 Å². The molecular formula is C27H32BrN3O. The lowest BCUT2D eigenvalue weighted by Crippen LogP contribution is -3.00. The first-order chi connectivity index (χ1) is 15.0. The van der Waals surface area contributed by atoms with Crippen LogP contribution in [0.2, 0.25) is 0 Å². The number of carbonyl (C=O) groups is 1. The van der Waals surface area contributed by atoms with E-state index in [4.69, 9.17) is 5.73 Å². The molecule has 2 N–H and O–H groups in total. The molecule has 4 nitrogen and oxygen atoms in total. The van der Waals surface area contributed by atoms with Gasteiger partial charge in [-0.15, -0.1) is 0 Å². The van der Waals surface area contributed by atoms with Crippen LogP contribution in [0.15, 0.2) is 79.1 Å². The predicted octanol–water partition coefficient (Wildman–Crippen LogP) is 1.78. The summed E-state index contributed by atoms with van der Waals surface area (Å²) in [6.45, 7) is 6.35. The highest BCUT2D eigenvalue weighted by Gasteiger charge is 2.51. The molecule has 1 fully saturated rings. The Morgan fingerprint density at radius 2 is 1.62 bits per heavy atom. The van der Waals surface area contributed by atoms with Crippen LogP contribution in [-0.2, 0) is 10.2 Å². The minimum absolute atomic E-state index is 0. The van der Waals surface area contributed by atoms with Gasteiger partial charge in [0.15, 0.2) is 0 Å². The number of allylic oxidation sites excluding steroid dienone is 2. The summed E-state index contributed by atoms with van der Waals surface area (Å²) in [6, 6.07) is 20.5. The van der Waals surface area contributed by atoms with Crippen molar-refractivity contribution in [1.29, 1.82) is 0 Å². The lowest BCUT2D eigenvalue weighted by atomic mass is 9.64. The zero-order chi connectivity index (χ0) is 22.0. The fraction of sp³-hybridized carbons (Fsp3) is 0.333. The monoisotopic (exact) mass is 493 g/mol. The van der Waals surface area contributed by atoms with Gasteiger partial charge < -0.3 is 22.7 Å². The van der Waals surface area contributed by atoms with Gasteiger partial charge in [-0.25, -0.2) is 9.13 Å². The highest BCUT2D eigenvalue weighted by molar-refractivity contribution is 5.91. The smallest absolute Gasteiger partial charge is 0.258 e. The first-order valence-electron chi connectivity index (χ1n) is 11.1. The molecule has 0 spiro atoms. The fourth-order valence-electron chi connectivity index (χ4n) is 5.51. The van der Waals surface area contributed by atoms with Crippen LogP contribution in [0.4, 0.5) is 0 Å². The van der Waals surface area contributed by atoms with Crippen molar-refractivity contribution in [3.8, 4) is 0 Å². The Morgan fingerprint density at radius 3 is 2.12 bits per heavy atom. The van der Waals surface area contributed by atoms with Gasteiger partial charge >= 0.3 is 0 Å². The summed E-state index contributed by atoms with van der Waals surface area (Å²) in [5, 5.41) is 0. The number of carbonyl (C=O) groups excluding carboxylic acids is 1. The van der Waals surface area contributed by atoms with Crippen molar-refractivity contribution in [2.75, 3.05) is 0 Å². The molecule has 3 aromatic rings. The summed E-state index contributed by atoms with van der Waals surface area (Å²) >= 11 is 0. The van der Waals surface area contributed by atoms with Crippen LogP contribution in [-0.4, -0.2) is 10.5 Å². The molecule has 0 saturated heterocycles. The molecule has 1 saturated carbocycles. The highest BCUT2D eigenvalue weighted by atomic mass is 79.9. The van der Waals surface area contributed by atoms with Gasteiger partial charge in [-0.1, -0.05) is 60.7 Å². The van der Waals surface area contributed by atoms with E-state index in [1.54, 1.807) is 0 Å². The molecule has 1 aliphatic carbocycles. The lowest BCUT2D eigenvalue weighted by molar-refractivity contribution is -0.588. The molecule has 2 aromatic carbocycles. The Bertz CT molecular complexity index is 1050. The molecule has 1 aromatic heterocycles. The van der Waals surface area contributed by atoms with Crippen LogP contribution in [0.5, 0.6) is 0 Å². The highest BCUT2D eigenvalue weighted by Crippen LogP contribution is 2.49. The topological polar surface area (TPSA) is 51.9 Å². The normalized spacial score (nSPS) is 18.9. The number of amides is 1. The molecule has 1 heterocycles. The van der Waals surface area contributed by atoms with Gasteiger partial charge in [0.2, 0.25) is 5.91 Å². The Hall–Kier alpha value is -2.66. The summed E-state index contributed by atoms with van der Waals surface area (Å²) in [6.07, 6.45) is 9.33. The molecular weight excluding hydrogens is 462 g/mol. The average molecular weight is 494 g/mol. The minimum atomic E-state index is -0.826. The number of rotatable bonds is 6. The summed E-state index contributed by atoms with van der Waals surface area (Å²) in [5.74, 6) is 1.09. The summed E-state index contributed by atoms with van der Waals surface area (Å²) < 4.78 is 4.60. The number of nitrogens with zero attached hydrogens (tertiary/aromatic N) is 2. The van der Waals surface area contributed by atoms with E-state index >= 15 is 0 Å². The second-order valence-corrected chi connectivity index (χ2v) is 8.62. The van der Waals surface area contributed by atoms with Crippen molar-refractivity contribution in [1.82, 2.24) is 4.57 Å². The van der Waals surface area contributed by atoms with Crippen LogP contribution in [0.25, 0.3) is 5.70 Å². The predicted molar refractivity (Wildman–Crippen MR) is 124 cm³/mol. The summed E-state index contributed by atoms with van der Waals surface area (Å²) in [5.41, 5.74) is 8.60. The van der Waals surface area contributed by atoms with E-state index in [1.165, 1.54) is 11.5 Å². The molecule has 1 amide bonds. The quantitative estimate of drug-likeness (QED) is 0.522. The SMILES string of the molecule is CC=C(C)[n+]1ccn([C@@H]2CC[C@H](C(C(N)=O)(c3ccccc3)c3ccccc3)C2)c1C.[Br-]. The van der Waals surface area contributed by atoms with Crippen LogP contribution in [0.3, 0.4) is 0 Å². The Morgan fingerprint density at radius 1 is 1.06 bits per heavy atom. The standard InChI is InChI=1S/C27H31N3O.BrH/c1-4-20(2)29-17-18-30(21(29)3)25-16-15-24(19-25)27(26(28)31,22-11-7-5-8-12-22)23-13-9-6-10-14-23;/h4-14,17-18,24-25H,15-16,19H2,1-3H3,(H-,28,31);1H/t24-,25+;/m0./s1. The number of benzene rings is 2. The number of aromatic nitrogens is 2. The maximum atomic E-state index is 13.3. The number of nitrogens with two attached hydrogens (primary N) is 1. The third-order valence-corrected chi connectivity index (χ3v) is 7.15.